The molecular weight excluding hydrogens is 272 g/mol. The summed E-state index contributed by atoms with van der Waals surface area (Å²) in [5, 5.41) is 3.07. The van der Waals surface area contributed by atoms with E-state index in [9.17, 15) is 4.79 Å². The zero-order valence-corrected chi connectivity index (χ0v) is 13.8. The number of hydrogen-bond acceptors (Lipinski definition) is 2. The Labute approximate surface area is 134 Å². The van der Waals surface area contributed by atoms with E-state index in [0.717, 1.165) is 31.5 Å². The number of carbonyl (C=O) groups excluding carboxylic acids is 1. The second-order valence-corrected chi connectivity index (χ2v) is 7.10. The third kappa shape index (κ3) is 3.70. The molecule has 1 amide bonds. The number of nitrogens with zero attached hydrogens (tertiary/aromatic N) is 1. The molecule has 22 heavy (non-hydrogen) atoms. The third-order valence-electron chi connectivity index (χ3n) is 5.39. The Balaban J connectivity index is 1.50. The van der Waals surface area contributed by atoms with E-state index in [1.54, 1.807) is 6.92 Å². The maximum atomic E-state index is 11.2. The second kappa shape index (κ2) is 6.82. The molecular formula is C19H28N2O. The molecule has 2 aliphatic rings. The minimum atomic E-state index is 0.106. The Bertz CT molecular complexity index is 503. The van der Waals surface area contributed by atoms with Crippen molar-refractivity contribution >= 4 is 5.91 Å². The summed E-state index contributed by atoms with van der Waals surface area (Å²) in [7, 11) is 0. The maximum absolute atomic E-state index is 11.2. The summed E-state index contributed by atoms with van der Waals surface area (Å²) in [6.07, 6.45) is 6.30. The smallest absolute Gasteiger partial charge is 0.217 e. The van der Waals surface area contributed by atoms with Crippen molar-refractivity contribution in [3.63, 3.8) is 0 Å². The first-order valence-corrected chi connectivity index (χ1v) is 8.69. The van der Waals surface area contributed by atoms with E-state index in [1.165, 1.54) is 36.8 Å². The highest BCUT2D eigenvalue weighted by Gasteiger charge is 2.31. The fraction of sp³-hybridized carbons (Fsp3) is 0.632. The van der Waals surface area contributed by atoms with E-state index >= 15 is 0 Å². The van der Waals surface area contributed by atoms with E-state index in [2.05, 4.69) is 41.4 Å². The van der Waals surface area contributed by atoms with Crippen molar-refractivity contribution in [2.75, 3.05) is 13.1 Å². The number of hydrogen-bond donors (Lipinski definition) is 1. The lowest BCUT2D eigenvalue weighted by Crippen LogP contribution is -2.40. The van der Waals surface area contributed by atoms with Gasteiger partial charge in [0.05, 0.1) is 0 Å². The standard InChI is InChI=1S/C19H28N2O/c1-14-3-5-16(6-4-14)17-7-9-19(10-8-17)21-12-11-18(13-21)20-15(2)22/h3-6,17-19H,7-13H2,1-2H3,(H,20,22). The summed E-state index contributed by atoms with van der Waals surface area (Å²) < 4.78 is 0. The average molecular weight is 300 g/mol. The fourth-order valence-corrected chi connectivity index (χ4v) is 4.14. The molecule has 3 heteroatoms. The summed E-state index contributed by atoms with van der Waals surface area (Å²) in [6, 6.07) is 10.2. The fourth-order valence-electron chi connectivity index (χ4n) is 4.14. The molecule has 1 atom stereocenters. The lowest BCUT2D eigenvalue weighted by atomic mass is 9.81. The monoisotopic (exact) mass is 300 g/mol. The van der Waals surface area contributed by atoms with E-state index in [-0.39, 0.29) is 5.91 Å². The van der Waals surface area contributed by atoms with Crippen LogP contribution in [0.4, 0.5) is 0 Å². The molecule has 1 heterocycles. The van der Waals surface area contributed by atoms with Gasteiger partial charge in [0.15, 0.2) is 0 Å². The molecule has 1 aromatic carbocycles. The Kier molecular flexibility index (Phi) is 4.82. The molecule has 0 bridgehead atoms. The summed E-state index contributed by atoms with van der Waals surface area (Å²) >= 11 is 0. The summed E-state index contributed by atoms with van der Waals surface area (Å²) in [5.41, 5.74) is 2.86. The number of nitrogens with one attached hydrogen (secondary N) is 1. The van der Waals surface area contributed by atoms with Crippen LogP contribution in [-0.4, -0.2) is 36.0 Å². The van der Waals surface area contributed by atoms with E-state index < -0.39 is 0 Å². The summed E-state index contributed by atoms with van der Waals surface area (Å²) in [5.74, 6) is 0.848. The normalized spacial score (nSPS) is 29.5. The minimum absolute atomic E-state index is 0.106. The zero-order valence-electron chi connectivity index (χ0n) is 13.8. The van der Waals surface area contributed by atoms with Crippen LogP contribution >= 0.6 is 0 Å². The van der Waals surface area contributed by atoms with Crippen molar-refractivity contribution in [3.8, 4) is 0 Å². The van der Waals surface area contributed by atoms with Crippen LogP contribution in [0, 0.1) is 6.92 Å². The van der Waals surface area contributed by atoms with Crippen LogP contribution in [0.5, 0.6) is 0 Å². The van der Waals surface area contributed by atoms with Gasteiger partial charge in [-0.15, -0.1) is 0 Å². The van der Waals surface area contributed by atoms with Gasteiger partial charge in [-0.2, -0.15) is 0 Å². The molecule has 0 radical (unpaired) electrons. The van der Waals surface area contributed by atoms with Crippen molar-refractivity contribution in [2.24, 2.45) is 0 Å². The van der Waals surface area contributed by atoms with Crippen LogP contribution in [-0.2, 0) is 4.79 Å². The van der Waals surface area contributed by atoms with Crippen LogP contribution in [0.1, 0.15) is 56.1 Å². The van der Waals surface area contributed by atoms with Crippen LogP contribution in [0.25, 0.3) is 0 Å². The van der Waals surface area contributed by atoms with Gasteiger partial charge in [-0.1, -0.05) is 29.8 Å². The molecule has 1 saturated carbocycles. The Morgan fingerprint density at radius 1 is 1.09 bits per heavy atom. The highest BCUT2D eigenvalue weighted by molar-refractivity contribution is 5.73. The molecule has 1 aliphatic carbocycles. The average Bonchev–Trinajstić information content (AvgIpc) is 2.96. The summed E-state index contributed by atoms with van der Waals surface area (Å²) in [4.78, 5) is 13.8. The zero-order chi connectivity index (χ0) is 15.5. The molecule has 1 saturated heterocycles. The maximum Gasteiger partial charge on any atom is 0.217 e. The summed E-state index contributed by atoms with van der Waals surface area (Å²) in [6.45, 7) is 5.96. The lowest BCUT2D eigenvalue weighted by Gasteiger charge is -2.35. The van der Waals surface area contributed by atoms with Gasteiger partial charge < -0.3 is 5.32 Å². The van der Waals surface area contributed by atoms with Crippen LogP contribution in [0.15, 0.2) is 24.3 Å². The first kappa shape index (κ1) is 15.5. The van der Waals surface area contributed by atoms with Gasteiger partial charge in [-0.25, -0.2) is 0 Å². The number of likely N-dealkylation sites (tertiary alicyclic amines) is 1. The predicted octanol–water partition coefficient (Wildman–Crippen LogP) is 3.23. The van der Waals surface area contributed by atoms with Crippen LogP contribution < -0.4 is 5.32 Å². The molecule has 0 aromatic heterocycles. The number of aryl methyl sites for hydroxylation is 1. The molecule has 1 aliphatic heterocycles. The molecule has 3 nitrogen and oxygen atoms in total. The second-order valence-electron chi connectivity index (χ2n) is 7.10. The van der Waals surface area contributed by atoms with Gasteiger partial charge in [-0.05, 0) is 50.5 Å². The highest BCUT2D eigenvalue weighted by atomic mass is 16.1. The Morgan fingerprint density at radius 3 is 2.41 bits per heavy atom. The van der Waals surface area contributed by atoms with Crippen molar-refractivity contribution in [2.45, 2.75) is 64.0 Å². The van der Waals surface area contributed by atoms with Gasteiger partial charge in [-0.3, -0.25) is 9.69 Å². The SMILES string of the molecule is CC(=O)NC1CCN(C2CCC(c3ccc(C)cc3)CC2)C1. The largest absolute Gasteiger partial charge is 0.352 e. The topological polar surface area (TPSA) is 32.3 Å². The molecule has 1 unspecified atom stereocenters. The van der Waals surface area contributed by atoms with Gasteiger partial charge >= 0.3 is 0 Å². The molecule has 0 spiro atoms. The first-order chi connectivity index (χ1) is 10.6. The minimum Gasteiger partial charge on any atom is -0.352 e. The highest BCUT2D eigenvalue weighted by Crippen LogP contribution is 2.35. The van der Waals surface area contributed by atoms with Crippen molar-refractivity contribution in [1.82, 2.24) is 10.2 Å². The van der Waals surface area contributed by atoms with Crippen molar-refractivity contribution < 1.29 is 4.79 Å². The van der Waals surface area contributed by atoms with E-state index in [4.69, 9.17) is 0 Å². The third-order valence-corrected chi connectivity index (χ3v) is 5.39. The molecule has 1 aromatic rings. The van der Waals surface area contributed by atoms with Gasteiger partial charge in [0.25, 0.3) is 0 Å². The van der Waals surface area contributed by atoms with E-state index in [0.29, 0.717) is 6.04 Å². The molecule has 3 rings (SSSR count). The van der Waals surface area contributed by atoms with Gasteiger partial charge in [0.1, 0.15) is 0 Å². The van der Waals surface area contributed by atoms with Crippen molar-refractivity contribution in [1.29, 1.82) is 0 Å². The first-order valence-electron chi connectivity index (χ1n) is 8.69. The quantitative estimate of drug-likeness (QED) is 0.929. The predicted molar refractivity (Wildman–Crippen MR) is 90.0 cm³/mol. The lowest BCUT2D eigenvalue weighted by molar-refractivity contribution is -0.119. The molecule has 2 fully saturated rings. The van der Waals surface area contributed by atoms with Crippen LogP contribution in [0.3, 0.4) is 0 Å². The van der Waals surface area contributed by atoms with Gasteiger partial charge in [0.2, 0.25) is 5.91 Å². The number of benzene rings is 1. The van der Waals surface area contributed by atoms with E-state index in [1.807, 2.05) is 0 Å². The van der Waals surface area contributed by atoms with Crippen molar-refractivity contribution in [3.05, 3.63) is 35.4 Å². The molecule has 120 valence electrons. The number of amides is 1. The number of carbonyl (C=O) groups is 1. The Hall–Kier alpha value is -1.35. The number of rotatable bonds is 3. The van der Waals surface area contributed by atoms with Crippen LogP contribution in [0.2, 0.25) is 0 Å². The Morgan fingerprint density at radius 2 is 1.77 bits per heavy atom. The van der Waals surface area contributed by atoms with Gasteiger partial charge in [0, 0.05) is 32.1 Å². The molecule has 1 N–H and O–H groups in total.